The summed E-state index contributed by atoms with van der Waals surface area (Å²) in [6.45, 7) is 8.59. The second-order valence-electron chi connectivity index (χ2n) is 4.28. The van der Waals surface area contributed by atoms with Crippen LogP contribution < -0.4 is 10.0 Å². The van der Waals surface area contributed by atoms with Crippen LogP contribution in [0.1, 0.15) is 27.2 Å². The van der Waals surface area contributed by atoms with Crippen LogP contribution in [-0.2, 0) is 10.2 Å². The fourth-order valence-corrected chi connectivity index (χ4v) is 3.58. The Kier molecular flexibility index (Phi) is 7.58. The molecule has 1 aliphatic heterocycles. The van der Waals surface area contributed by atoms with Gasteiger partial charge in [0.1, 0.15) is 0 Å². The van der Waals surface area contributed by atoms with Crippen LogP contribution in [0.4, 0.5) is 0 Å². The quantitative estimate of drug-likeness (QED) is 0.777. The van der Waals surface area contributed by atoms with Gasteiger partial charge in [0, 0.05) is 19.1 Å². The lowest BCUT2D eigenvalue weighted by Crippen LogP contribution is -2.52. The summed E-state index contributed by atoms with van der Waals surface area (Å²) in [5.74, 6) is 0.346. The normalized spacial score (nSPS) is 25.6. The number of nitrogens with zero attached hydrogens (tertiary/aromatic N) is 1. The molecule has 0 aromatic rings. The predicted molar refractivity (Wildman–Crippen MR) is 72.7 cm³/mol. The predicted octanol–water partition coefficient (Wildman–Crippen LogP) is 0.582. The molecule has 0 saturated carbocycles. The van der Waals surface area contributed by atoms with E-state index < -0.39 is 10.2 Å². The highest BCUT2D eigenvalue weighted by atomic mass is 35.5. The molecule has 5 nitrogen and oxygen atoms in total. The van der Waals surface area contributed by atoms with Gasteiger partial charge in [-0.1, -0.05) is 20.8 Å². The van der Waals surface area contributed by atoms with E-state index in [-0.39, 0.29) is 18.4 Å². The van der Waals surface area contributed by atoms with Gasteiger partial charge in [-0.2, -0.15) is 17.4 Å². The van der Waals surface area contributed by atoms with E-state index in [1.807, 2.05) is 13.8 Å². The van der Waals surface area contributed by atoms with Crippen LogP contribution in [0.3, 0.4) is 0 Å². The van der Waals surface area contributed by atoms with Crippen molar-refractivity contribution in [2.75, 3.05) is 26.2 Å². The molecule has 1 rings (SSSR count). The van der Waals surface area contributed by atoms with E-state index in [1.165, 1.54) is 4.31 Å². The zero-order valence-corrected chi connectivity index (χ0v) is 12.4. The maximum absolute atomic E-state index is 12.0. The van der Waals surface area contributed by atoms with Crippen LogP contribution in [0.5, 0.6) is 0 Å². The topological polar surface area (TPSA) is 61.4 Å². The number of rotatable bonds is 5. The minimum absolute atomic E-state index is 0. The molecule has 0 aromatic carbocycles. The minimum atomic E-state index is -3.30. The van der Waals surface area contributed by atoms with Crippen molar-refractivity contribution in [2.45, 2.75) is 33.2 Å². The highest BCUT2D eigenvalue weighted by Gasteiger charge is 2.28. The summed E-state index contributed by atoms with van der Waals surface area (Å²) in [5.41, 5.74) is 0. The Morgan fingerprint density at radius 2 is 1.94 bits per heavy atom. The van der Waals surface area contributed by atoms with Crippen LogP contribution in [-0.4, -0.2) is 44.9 Å². The van der Waals surface area contributed by atoms with Gasteiger partial charge in [0.2, 0.25) is 0 Å². The average Bonchev–Trinajstić information content (AvgIpc) is 2.22. The SMILES string of the molecule is CCN(CC)S(=O)(=O)NC1CCNCC1C.Cl. The molecule has 0 amide bonds. The maximum Gasteiger partial charge on any atom is 0.279 e. The second-order valence-corrected chi connectivity index (χ2v) is 5.99. The van der Waals surface area contributed by atoms with Gasteiger partial charge in [-0.05, 0) is 25.4 Å². The molecule has 1 saturated heterocycles. The zero-order chi connectivity index (χ0) is 12.2. The van der Waals surface area contributed by atoms with Crippen LogP contribution >= 0.6 is 12.4 Å². The van der Waals surface area contributed by atoms with Crippen molar-refractivity contribution < 1.29 is 8.42 Å². The van der Waals surface area contributed by atoms with Gasteiger partial charge in [0.25, 0.3) is 10.2 Å². The van der Waals surface area contributed by atoms with Crippen LogP contribution in [0.2, 0.25) is 0 Å². The van der Waals surface area contributed by atoms with E-state index in [0.717, 1.165) is 19.5 Å². The van der Waals surface area contributed by atoms with E-state index >= 15 is 0 Å². The van der Waals surface area contributed by atoms with Crippen molar-refractivity contribution in [2.24, 2.45) is 5.92 Å². The average molecular weight is 286 g/mol. The summed E-state index contributed by atoms with van der Waals surface area (Å²) < 4.78 is 28.3. The third-order valence-corrected chi connectivity index (χ3v) is 4.93. The van der Waals surface area contributed by atoms with Crippen molar-refractivity contribution in [1.29, 1.82) is 0 Å². The first-order valence-corrected chi connectivity index (χ1v) is 7.43. The summed E-state index contributed by atoms with van der Waals surface area (Å²) in [6.07, 6.45) is 0.863. The fraction of sp³-hybridized carbons (Fsp3) is 1.00. The van der Waals surface area contributed by atoms with Gasteiger partial charge in [-0.25, -0.2) is 0 Å². The highest BCUT2D eigenvalue weighted by Crippen LogP contribution is 2.12. The first kappa shape index (κ1) is 17.1. The Labute approximate surface area is 111 Å². The number of hydrogen-bond acceptors (Lipinski definition) is 3. The molecule has 0 aromatic heterocycles. The molecule has 104 valence electrons. The van der Waals surface area contributed by atoms with Gasteiger partial charge in [-0.3, -0.25) is 0 Å². The first-order valence-electron chi connectivity index (χ1n) is 5.99. The van der Waals surface area contributed by atoms with E-state index in [0.29, 0.717) is 19.0 Å². The molecule has 1 heterocycles. The van der Waals surface area contributed by atoms with E-state index in [9.17, 15) is 8.42 Å². The van der Waals surface area contributed by atoms with E-state index in [1.54, 1.807) is 0 Å². The first-order chi connectivity index (χ1) is 7.51. The number of hydrogen-bond donors (Lipinski definition) is 2. The van der Waals surface area contributed by atoms with Crippen molar-refractivity contribution in [3.05, 3.63) is 0 Å². The standard InChI is InChI=1S/C10H23N3O2S.ClH/c1-4-13(5-2)16(14,15)12-10-6-7-11-8-9(10)3;/h9-12H,4-8H2,1-3H3;1H. The molecule has 0 aliphatic carbocycles. The van der Waals surface area contributed by atoms with Crippen LogP contribution in [0.15, 0.2) is 0 Å². The summed E-state index contributed by atoms with van der Waals surface area (Å²) in [5, 5.41) is 3.26. The molecular weight excluding hydrogens is 262 g/mol. The number of piperidine rings is 1. The lowest BCUT2D eigenvalue weighted by molar-refractivity contribution is 0.318. The number of nitrogens with one attached hydrogen (secondary N) is 2. The monoisotopic (exact) mass is 285 g/mol. The largest absolute Gasteiger partial charge is 0.316 e. The van der Waals surface area contributed by atoms with Gasteiger partial charge < -0.3 is 5.32 Å². The van der Waals surface area contributed by atoms with Gasteiger partial charge >= 0.3 is 0 Å². The summed E-state index contributed by atoms with van der Waals surface area (Å²) >= 11 is 0. The number of halogens is 1. The van der Waals surface area contributed by atoms with Crippen LogP contribution in [0.25, 0.3) is 0 Å². The minimum Gasteiger partial charge on any atom is -0.316 e. The fourth-order valence-electron chi connectivity index (χ4n) is 2.02. The molecule has 1 aliphatic rings. The van der Waals surface area contributed by atoms with Crippen molar-refractivity contribution in [1.82, 2.24) is 14.3 Å². The smallest absolute Gasteiger partial charge is 0.279 e. The van der Waals surface area contributed by atoms with Crippen molar-refractivity contribution >= 4 is 22.6 Å². The van der Waals surface area contributed by atoms with Gasteiger partial charge in [-0.15, -0.1) is 12.4 Å². The summed E-state index contributed by atoms with van der Waals surface area (Å²) in [4.78, 5) is 0. The van der Waals surface area contributed by atoms with Crippen molar-refractivity contribution in [3.8, 4) is 0 Å². The summed E-state index contributed by atoms with van der Waals surface area (Å²) in [7, 11) is -3.30. The van der Waals surface area contributed by atoms with Gasteiger partial charge in [0.15, 0.2) is 0 Å². The van der Waals surface area contributed by atoms with Gasteiger partial charge in [0.05, 0.1) is 0 Å². The molecule has 0 radical (unpaired) electrons. The molecule has 2 N–H and O–H groups in total. The third kappa shape index (κ3) is 4.71. The molecule has 1 fully saturated rings. The molecule has 2 atom stereocenters. The Morgan fingerprint density at radius 1 is 1.35 bits per heavy atom. The zero-order valence-electron chi connectivity index (χ0n) is 10.8. The molecule has 7 heteroatoms. The second kappa shape index (κ2) is 7.53. The molecule has 0 bridgehead atoms. The third-order valence-electron chi connectivity index (χ3n) is 3.13. The molecule has 2 unspecified atom stereocenters. The lowest BCUT2D eigenvalue weighted by Gasteiger charge is -2.31. The highest BCUT2D eigenvalue weighted by molar-refractivity contribution is 7.87. The van der Waals surface area contributed by atoms with Crippen molar-refractivity contribution in [3.63, 3.8) is 0 Å². The Bertz CT molecular complexity index is 307. The van der Waals surface area contributed by atoms with Crippen LogP contribution in [0, 0.1) is 5.92 Å². The molecular formula is C10H24ClN3O2S. The Morgan fingerprint density at radius 3 is 2.41 bits per heavy atom. The lowest BCUT2D eigenvalue weighted by atomic mass is 9.97. The summed E-state index contributed by atoms with van der Waals surface area (Å²) in [6, 6.07) is 0.0619. The molecule has 17 heavy (non-hydrogen) atoms. The Balaban J connectivity index is 0.00000256. The Hall–Kier alpha value is 0.120. The maximum atomic E-state index is 12.0. The van der Waals surface area contributed by atoms with E-state index in [4.69, 9.17) is 0 Å². The van der Waals surface area contributed by atoms with E-state index in [2.05, 4.69) is 17.0 Å². The molecule has 0 spiro atoms.